The van der Waals surface area contributed by atoms with Crippen LogP contribution in [-0.4, -0.2) is 196 Å². The number of carbonyl (C=O) groups excluding carboxylic acids is 4. The van der Waals surface area contributed by atoms with Gasteiger partial charge in [-0.15, -0.1) is 0 Å². The molecule has 5 aromatic carbocycles. The summed E-state index contributed by atoms with van der Waals surface area (Å²) in [4.78, 5) is 104. The zero-order valence-corrected chi connectivity index (χ0v) is 75.3. The van der Waals surface area contributed by atoms with E-state index in [-0.39, 0.29) is 142 Å². The molecule has 0 radical (unpaired) electrons. The van der Waals surface area contributed by atoms with E-state index in [0.717, 1.165) is 91.8 Å². The first-order valence-corrected chi connectivity index (χ1v) is 44.6. The number of halogens is 8. The number of anilines is 8. The van der Waals surface area contributed by atoms with Crippen LogP contribution in [0.5, 0.6) is 46.5 Å². The van der Waals surface area contributed by atoms with Gasteiger partial charge in [0.2, 0.25) is 23.5 Å². The summed E-state index contributed by atoms with van der Waals surface area (Å²) in [7, 11) is 0. The van der Waals surface area contributed by atoms with Crippen molar-refractivity contribution in [1.82, 2.24) is 120 Å². The Morgan fingerprint density at radius 3 is 1.04 bits per heavy atom. The van der Waals surface area contributed by atoms with Crippen LogP contribution in [0.25, 0.3) is 72.4 Å². The van der Waals surface area contributed by atoms with Gasteiger partial charge in [0.1, 0.15) is 53.3 Å². The van der Waals surface area contributed by atoms with Gasteiger partial charge in [-0.25, -0.2) is 75.0 Å². The van der Waals surface area contributed by atoms with E-state index in [0.29, 0.717) is 116 Å². The van der Waals surface area contributed by atoms with Gasteiger partial charge in [0, 0.05) is 157 Å². The number of H-pyrrole nitrogens is 8. The Hall–Kier alpha value is -17.8. The Labute approximate surface area is 791 Å². The molecule has 23 rings (SSSR count). The van der Waals surface area contributed by atoms with Gasteiger partial charge in [0.15, 0.2) is 122 Å². The van der Waals surface area contributed by atoms with Crippen molar-refractivity contribution in [2.24, 2.45) is 0 Å². The van der Waals surface area contributed by atoms with Crippen molar-refractivity contribution in [2.75, 3.05) is 73.6 Å². The average Bonchev–Trinajstić information content (AvgIpc) is 1.80. The number of nitrogens with zero attached hydrogens (tertiary/aromatic N) is 16. The molecule has 45 heteroatoms. The zero-order chi connectivity index (χ0) is 97.5. The fraction of sp³-hybridized carbons (Fsp3) is 0.208. The molecule has 5 aliphatic rings. The van der Waals surface area contributed by atoms with Crippen LogP contribution >= 0.6 is 0 Å². The number of ether oxygens (including phenoxy) is 4. The largest absolute Gasteiger partial charge is 0.463 e. The number of likely N-dealkylation sites (tertiary alicyclic amines) is 4. The summed E-state index contributed by atoms with van der Waals surface area (Å²) in [6.07, 6.45) is 15.6. The van der Waals surface area contributed by atoms with E-state index in [4.69, 9.17) is 23.4 Å². The van der Waals surface area contributed by atoms with Gasteiger partial charge >= 0.3 is 0 Å². The first-order chi connectivity index (χ1) is 68.4. The van der Waals surface area contributed by atoms with Crippen LogP contribution in [0.1, 0.15) is 127 Å². The number of furan rings is 1. The minimum Gasteiger partial charge on any atom is -0.463 e. The second-order valence-electron chi connectivity index (χ2n) is 33.6. The fourth-order valence-electron chi connectivity index (χ4n) is 15.9. The number of allylic oxidation sites excluding steroid dienone is 1. The summed E-state index contributed by atoms with van der Waals surface area (Å²) >= 11 is 0. The molecule has 0 unspecified atom stereocenters. The highest BCUT2D eigenvalue weighted by Gasteiger charge is 2.37. The molecule has 13 aromatic heterocycles. The van der Waals surface area contributed by atoms with Gasteiger partial charge in [-0.05, 0) is 121 Å². The van der Waals surface area contributed by atoms with Gasteiger partial charge in [0.25, 0.3) is 23.6 Å². The predicted molar refractivity (Wildman–Crippen MR) is 500 cm³/mol. The Kier molecular flexibility index (Phi) is 24.8. The lowest BCUT2D eigenvalue weighted by Gasteiger charge is -2.31. The maximum Gasteiger partial charge on any atom is 0.263 e. The van der Waals surface area contributed by atoms with Crippen LogP contribution < -0.4 is 40.2 Å². The number of fused-ring (bicyclic) bond motifs is 4. The standard InChI is InChI=1S/C26H21F2N7O2.C24H19F2N7O3.2C23H21F2N7O2/c1-14-10-16-22(28)19(11-17(27)23(16)31-14)37-25-21(26(36)35-8-5-9-35)24(29-13-30-25)32-20-12-18(33-34-20)15-6-3-2-4-7-15;1-12-8-13-20(26)17(9-14(25)21(13)29-12)36-23-19(24(34)33-5-3-6-33)22(27-11-28-23)30-18-10-15(31-32-18)16-4-2-7-35-16;1-11-7-13-19(25)16(8-14(24)20(13)28-11)34-22-18(23(33)32-5-2-6-32)21(26-10-27-22)29-17-9-15(30-31-17)12-3-4-12;1-3-5-13-9-17(31-30-13)29-21-18(23(33)32-6-4-7-32)22(27-11-26-21)34-16-10-15(24)20-14(19(16)25)8-12(2)28-20/h2-4,6-7,10-13,31H,5,8-9H2,1H3,(H2,29,30,32,33,34);2,4,7-11,29H,3,5-6H2,1H3,(H2,27,28,30,31,32);7-10,12,28H,2-6H2,1H3,(H2,26,27,29,30,31);3,5,8-11,28H,4,6-7H2,1-2H3,(H2,26,27,29,30,31)/b;;;5-3+. The van der Waals surface area contributed by atoms with E-state index in [9.17, 15) is 36.7 Å². The van der Waals surface area contributed by atoms with Gasteiger partial charge in [-0.2, -0.15) is 20.4 Å². The van der Waals surface area contributed by atoms with Gasteiger partial charge in [-0.3, -0.25) is 39.6 Å². The Balaban J connectivity index is 0.000000115. The lowest BCUT2D eigenvalue weighted by atomic mass is 10.1. The van der Waals surface area contributed by atoms with Crippen molar-refractivity contribution < 1.29 is 77.7 Å². The molecular weight excluding hydrogens is 1840 g/mol. The number of aromatic nitrogens is 20. The number of carbonyl (C=O) groups is 4. The van der Waals surface area contributed by atoms with E-state index in [1.807, 2.05) is 55.5 Å². The summed E-state index contributed by atoms with van der Waals surface area (Å²) in [5.74, 6) is -6.39. The second-order valence-corrected chi connectivity index (χ2v) is 33.6. The van der Waals surface area contributed by atoms with Crippen LogP contribution in [0.15, 0.2) is 157 Å². The molecule has 12 N–H and O–H groups in total. The second kappa shape index (κ2) is 38.4. The lowest BCUT2D eigenvalue weighted by molar-refractivity contribution is 0.0641. The van der Waals surface area contributed by atoms with E-state index < -0.39 is 63.9 Å². The number of benzene rings is 5. The molecule has 4 amide bonds. The minimum absolute atomic E-state index is 0.00272. The summed E-state index contributed by atoms with van der Waals surface area (Å²) in [6, 6.07) is 29.8. The van der Waals surface area contributed by atoms with Crippen molar-refractivity contribution in [3.8, 4) is 69.2 Å². The highest BCUT2D eigenvalue weighted by atomic mass is 19.2. The molecular formula is C96H82F8N28O9. The van der Waals surface area contributed by atoms with Crippen LogP contribution in [0.3, 0.4) is 0 Å². The summed E-state index contributed by atoms with van der Waals surface area (Å²) in [6.45, 7) is 13.2. The van der Waals surface area contributed by atoms with Gasteiger partial charge in [-0.1, -0.05) is 36.4 Å². The van der Waals surface area contributed by atoms with Gasteiger partial charge < -0.3 is 84.2 Å². The monoisotopic (exact) mass is 1920 g/mol. The number of amides is 4. The van der Waals surface area contributed by atoms with Crippen LogP contribution in [0.4, 0.5) is 81.7 Å². The zero-order valence-electron chi connectivity index (χ0n) is 75.3. The molecule has 5 fully saturated rings. The molecule has 4 aliphatic heterocycles. The molecule has 0 bridgehead atoms. The van der Waals surface area contributed by atoms with E-state index in [1.165, 1.54) is 49.5 Å². The molecule has 1 aliphatic carbocycles. The molecule has 141 heavy (non-hydrogen) atoms. The van der Waals surface area contributed by atoms with Crippen molar-refractivity contribution in [2.45, 2.75) is 79.1 Å². The molecule has 0 spiro atoms. The highest BCUT2D eigenvalue weighted by molar-refractivity contribution is 6.05. The number of hydrogen-bond donors (Lipinski definition) is 12. The average molecular weight is 1920 g/mol. The first kappa shape index (κ1) is 90.9. The summed E-state index contributed by atoms with van der Waals surface area (Å²) in [5, 5.41) is 40.7. The number of hydrogen-bond acceptors (Lipinski definition) is 25. The molecule has 0 atom stereocenters. The Morgan fingerprint density at radius 1 is 0.383 bits per heavy atom. The first-order valence-electron chi connectivity index (χ1n) is 44.6. The van der Waals surface area contributed by atoms with Crippen LogP contribution in [0.2, 0.25) is 0 Å². The third-order valence-corrected chi connectivity index (χ3v) is 23.7. The number of aromatic amines is 8. The summed E-state index contributed by atoms with van der Waals surface area (Å²) in [5.41, 5.74) is 6.63. The van der Waals surface area contributed by atoms with Crippen molar-refractivity contribution in [1.29, 1.82) is 0 Å². The molecule has 37 nitrogen and oxygen atoms in total. The quantitative estimate of drug-likeness (QED) is 0.0250. The smallest absolute Gasteiger partial charge is 0.263 e. The predicted octanol–water partition coefficient (Wildman–Crippen LogP) is 19.4. The van der Waals surface area contributed by atoms with E-state index in [1.54, 1.807) is 77.6 Å². The maximum atomic E-state index is 15.2. The lowest BCUT2D eigenvalue weighted by Crippen LogP contribution is -2.42. The molecule has 18 aromatic rings. The van der Waals surface area contributed by atoms with Crippen LogP contribution in [-0.2, 0) is 0 Å². The highest BCUT2D eigenvalue weighted by Crippen LogP contribution is 2.45. The molecule has 1 saturated carbocycles. The maximum absolute atomic E-state index is 15.2. The van der Waals surface area contributed by atoms with Gasteiger partial charge in [0.05, 0.1) is 39.7 Å². The Bertz CT molecular complexity index is 7890. The van der Waals surface area contributed by atoms with E-state index >= 15 is 17.6 Å². The van der Waals surface area contributed by atoms with Crippen molar-refractivity contribution in [3.05, 3.63) is 256 Å². The number of nitrogens with one attached hydrogen (secondary N) is 12. The number of aryl methyl sites for hydroxylation is 4. The SMILES string of the molecule is C/C=C/c1cc(Nc2ncnc(Oc3cc(F)c4[nH]c(C)cc4c3F)c2C(=O)N2CCC2)n[nH]1.Cc1cc2c(F)c(Oc3ncnc(Nc4cc(-c5ccccc5)[nH]n4)c3C(=O)N3CCC3)cc(F)c2[nH]1.Cc1cc2c(F)c(Oc3ncnc(Nc4cc(-c5ccco5)[nH]n4)c3C(=O)N3CCC3)cc(F)c2[nH]1.Cc1cc2c(F)c(Oc3ncnc(Nc4cc(C5CC5)[nH]n4)c3C(=O)N3CCC3)cc(F)c2[nH]1. The molecule has 716 valence electrons. The number of rotatable bonds is 24. The third-order valence-electron chi connectivity index (χ3n) is 23.7. The van der Waals surface area contributed by atoms with Crippen molar-refractivity contribution >= 4 is 120 Å². The third kappa shape index (κ3) is 18.7. The fourth-order valence-corrected chi connectivity index (χ4v) is 15.9. The molecule has 17 heterocycles. The topological polar surface area (TPSA) is 460 Å². The minimum atomic E-state index is -0.776. The van der Waals surface area contributed by atoms with Crippen LogP contribution in [0, 0.1) is 74.2 Å². The van der Waals surface area contributed by atoms with Crippen molar-refractivity contribution in [3.63, 3.8) is 0 Å². The Morgan fingerprint density at radius 2 is 0.709 bits per heavy atom. The summed E-state index contributed by atoms with van der Waals surface area (Å²) < 4.78 is 148. The molecule has 4 saturated heterocycles. The van der Waals surface area contributed by atoms with E-state index in [2.05, 4.69) is 122 Å². The normalized spacial score (nSPS) is 13.7.